The van der Waals surface area contributed by atoms with Crippen molar-refractivity contribution in [3.63, 3.8) is 0 Å². The highest BCUT2D eigenvalue weighted by Crippen LogP contribution is 2.15. The van der Waals surface area contributed by atoms with Gasteiger partial charge in [0.2, 0.25) is 0 Å². The molecule has 1 aromatic rings. The predicted molar refractivity (Wildman–Crippen MR) is 62.8 cm³/mol. The number of rotatable bonds is 3. The Bertz CT molecular complexity index is 484. The molecule has 2 heterocycles. The molecule has 1 unspecified atom stereocenters. The van der Waals surface area contributed by atoms with Crippen molar-refractivity contribution in [3.05, 3.63) is 28.0 Å². The Labute approximate surface area is 102 Å². The van der Waals surface area contributed by atoms with Gasteiger partial charge in [-0.05, 0) is 25.2 Å². The summed E-state index contributed by atoms with van der Waals surface area (Å²) in [5, 5.41) is 16.2. The quantitative estimate of drug-likeness (QED) is 0.352. The molecule has 0 aromatic carbocycles. The molecule has 0 radical (unpaired) electrons. The summed E-state index contributed by atoms with van der Waals surface area (Å²) in [5.41, 5.74) is 0. The first-order valence-electron chi connectivity index (χ1n) is 4.82. The first-order chi connectivity index (χ1) is 8.06. The van der Waals surface area contributed by atoms with Crippen LogP contribution in [-0.4, -0.2) is 34.0 Å². The van der Waals surface area contributed by atoms with Crippen molar-refractivity contribution in [1.82, 2.24) is 5.01 Å². The highest BCUT2D eigenvalue weighted by molar-refractivity contribution is 7.80. The molecule has 1 saturated heterocycles. The van der Waals surface area contributed by atoms with Crippen LogP contribution in [0.3, 0.4) is 0 Å². The number of ether oxygens (including phenoxy) is 1. The van der Waals surface area contributed by atoms with E-state index in [-0.39, 0.29) is 17.2 Å². The Hall–Kier alpha value is -1.96. The molecular weight excluding hydrogens is 246 g/mol. The maximum atomic E-state index is 10.4. The van der Waals surface area contributed by atoms with Crippen LogP contribution in [0.2, 0.25) is 0 Å². The van der Waals surface area contributed by atoms with Gasteiger partial charge in [0.15, 0.2) is 5.76 Å². The molecule has 1 aliphatic rings. The van der Waals surface area contributed by atoms with Crippen molar-refractivity contribution in [2.45, 2.75) is 13.0 Å². The standard InChI is InChI=1S/C9H9N3O4S/c1-6-5-11(9(17)15-6)10-4-7-2-3-8(16-7)12(13)14/h2-4,6H,5H2,1H3. The number of furan rings is 1. The maximum absolute atomic E-state index is 10.4. The average Bonchev–Trinajstić information content (AvgIpc) is 2.82. The summed E-state index contributed by atoms with van der Waals surface area (Å²) in [7, 11) is 0. The summed E-state index contributed by atoms with van der Waals surface area (Å²) in [4.78, 5) is 9.78. The van der Waals surface area contributed by atoms with E-state index in [0.717, 1.165) is 0 Å². The molecule has 17 heavy (non-hydrogen) atoms. The third kappa shape index (κ3) is 2.59. The number of nitro groups is 1. The highest BCUT2D eigenvalue weighted by Gasteiger charge is 2.24. The Morgan fingerprint density at radius 2 is 2.47 bits per heavy atom. The molecule has 1 aliphatic heterocycles. The second kappa shape index (κ2) is 4.50. The van der Waals surface area contributed by atoms with Gasteiger partial charge in [0, 0.05) is 0 Å². The zero-order valence-electron chi connectivity index (χ0n) is 8.90. The van der Waals surface area contributed by atoms with Crippen molar-refractivity contribution in [2.24, 2.45) is 5.10 Å². The molecule has 1 atom stereocenters. The van der Waals surface area contributed by atoms with Crippen LogP contribution in [0.25, 0.3) is 0 Å². The summed E-state index contributed by atoms with van der Waals surface area (Å²) in [5.74, 6) is -0.0286. The number of nitrogens with zero attached hydrogens (tertiary/aromatic N) is 3. The normalized spacial score (nSPS) is 19.9. The van der Waals surface area contributed by atoms with Gasteiger partial charge in [0.05, 0.1) is 18.8 Å². The minimum atomic E-state index is -0.608. The zero-order chi connectivity index (χ0) is 12.4. The van der Waals surface area contributed by atoms with Crippen molar-refractivity contribution >= 4 is 29.5 Å². The van der Waals surface area contributed by atoms with Gasteiger partial charge < -0.3 is 9.15 Å². The second-order valence-electron chi connectivity index (χ2n) is 3.45. The maximum Gasteiger partial charge on any atom is 0.433 e. The minimum absolute atomic E-state index is 0.00872. The second-order valence-corrected chi connectivity index (χ2v) is 3.80. The Morgan fingerprint density at radius 3 is 3.00 bits per heavy atom. The summed E-state index contributed by atoms with van der Waals surface area (Å²) in [6, 6.07) is 2.73. The third-order valence-corrected chi connectivity index (χ3v) is 2.37. The average molecular weight is 255 g/mol. The van der Waals surface area contributed by atoms with E-state index < -0.39 is 4.92 Å². The first kappa shape index (κ1) is 11.5. The van der Waals surface area contributed by atoms with Crippen LogP contribution in [0, 0.1) is 10.1 Å². The van der Waals surface area contributed by atoms with Crippen molar-refractivity contribution in [3.8, 4) is 0 Å². The van der Waals surface area contributed by atoms with E-state index in [1.165, 1.54) is 23.4 Å². The molecule has 7 nitrogen and oxygen atoms in total. The molecule has 2 rings (SSSR count). The van der Waals surface area contributed by atoms with Gasteiger partial charge in [-0.25, -0.2) is 5.01 Å². The molecule has 0 saturated carbocycles. The van der Waals surface area contributed by atoms with Crippen LogP contribution in [-0.2, 0) is 4.74 Å². The zero-order valence-corrected chi connectivity index (χ0v) is 9.72. The summed E-state index contributed by atoms with van der Waals surface area (Å²) in [6.07, 6.45) is 1.35. The molecule has 0 amide bonds. The van der Waals surface area contributed by atoms with Gasteiger partial charge in [-0.15, -0.1) is 0 Å². The van der Waals surface area contributed by atoms with Gasteiger partial charge in [-0.3, -0.25) is 10.1 Å². The Kier molecular flexibility index (Phi) is 3.05. The Balaban J connectivity index is 2.05. The molecule has 0 N–H and O–H groups in total. The lowest BCUT2D eigenvalue weighted by Gasteiger charge is -2.04. The van der Waals surface area contributed by atoms with Crippen LogP contribution in [0.15, 0.2) is 21.7 Å². The summed E-state index contributed by atoms with van der Waals surface area (Å²) < 4.78 is 10.1. The van der Waals surface area contributed by atoms with Crippen LogP contribution in [0.5, 0.6) is 0 Å². The highest BCUT2D eigenvalue weighted by atomic mass is 32.1. The van der Waals surface area contributed by atoms with E-state index >= 15 is 0 Å². The van der Waals surface area contributed by atoms with E-state index in [4.69, 9.17) is 21.4 Å². The number of thiocarbonyl (C=S) groups is 1. The van der Waals surface area contributed by atoms with E-state index in [1.54, 1.807) is 0 Å². The van der Waals surface area contributed by atoms with Gasteiger partial charge in [0.25, 0.3) is 5.17 Å². The van der Waals surface area contributed by atoms with Crippen LogP contribution in [0.1, 0.15) is 12.7 Å². The molecule has 90 valence electrons. The fourth-order valence-electron chi connectivity index (χ4n) is 1.32. The van der Waals surface area contributed by atoms with Crippen molar-refractivity contribution in [1.29, 1.82) is 0 Å². The third-order valence-electron chi connectivity index (χ3n) is 2.06. The lowest BCUT2D eigenvalue weighted by atomic mass is 10.4. The SMILES string of the molecule is CC1CN(N=Cc2ccc([N+](=O)[O-])o2)C(=S)O1. The number of hydrogen-bond donors (Lipinski definition) is 0. The van der Waals surface area contributed by atoms with Crippen LogP contribution >= 0.6 is 12.2 Å². The fraction of sp³-hybridized carbons (Fsp3) is 0.333. The Morgan fingerprint density at radius 1 is 1.71 bits per heavy atom. The van der Waals surface area contributed by atoms with Crippen molar-refractivity contribution in [2.75, 3.05) is 6.54 Å². The molecule has 0 bridgehead atoms. The van der Waals surface area contributed by atoms with Gasteiger partial charge >= 0.3 is 5.88 Å². The van der Waals surface area contributed by atoms with Gasteiger partial charge in [-0.1, -0.05) is 0 Å². The number of hydrazone groups is 1. The molecule has 1 aromatic heterocycles. The monoisotopic (exact) mass is 255 g/mol. The van der Waals surface area contributed by atoms with E-state index in [2.05, 4.69) is 5.10 Å². The number of hydrogen-bond acceptors (Lipinski definition) is 6. The first-order valence-corrected chi connectivity index (χ1v) is 5.23. The molecule has 8 heteroatoms. The molecule has 0 aliphatic carbocycles. The topological polar surface area (TPSA) is 81.1 Å². The smallest absolute Gasteiger partial charge is 0.433 e. The molecule has 1 fully saturated rings. The van der Waals surface area contributed by atoms with Crippen LogP contribution < -0.4 is 0 Å². The predicted octanol–water partition coefficient (Wildman–Crippen LogP) is 1.53. The van der Waals surface area contributed by atoms with E-state index in [9.17, 15) is 10.1 Å². The van der Waals surface area contributed by atoms with E-state index in [0.29, 0.717) is 12.3 Å². The summed E-state index contributed by atoms with van der Waals surface area (Å²) in [6.45, 7) is 2.43. The van der Waals surface area contributed by atoms with Gasteiger partial charge in [0.1, 0.15) is 11.0 Å². The largest absolute Gasteiger partial charge is 0.465 e. The van der Waals surface area contributed by atoms with Crippen LogP contribution in [0.4, 0.5) is 5.88 Å². The minimum Gasteiger partial charge on any atom is -0.465 e. The molecular formula is C9H9N3O4S. The lowest BCUT2D eigenvalue weighted by molar-refractivity contribution is -0.402. The fourth-order valence-corrected chi connectivity index (χ4v) is 1.60. The van der Waals surface area contributed by atoms with E-state index in [1.807, 2.05) is 6.92 Å². The molecule has 0 spiro atoms. The lowest BCUT2D eigenvalue weighted by Crippen LogP contribution is -2.18. The van der Waals surface area contributed by atoms with Gasteiger partial charge in [-0.2, -0.15) is 5.10 Å². The summed E-state index contributed by atoms with van der Waals surface area (Å²) >= 11 is 4.93. The van der Waals surface area contributed by atoms with Crippen molar-refractivity contribution < 1.29 is 14.1 Å².